The predicted octanol–water partition coefficient (Wildman–Crippen LogP) is 2.23. The molecule has 2 atom stereocenters. The predicted molar refractivity (Wildman–Crippen MR) is 66.7 cm³/mol. The molecule has 0 aromatic carbocycles. The highest BCUT2D eigenvalue weighted by atomic mass is 15.3. The molecule has 0 amide bonds. The van der Waals surface area contributed by atoms with Gasteiger partial charge in [-0.2, -0.15) is 5.10 Å². The third-order valence-corrected chi connectivity index (χ3v) is 3.04. The van der Waals surface area contributed by atoms with Crippen molar-refractivity contribution < 1.29 is 0 Å². The molecule has 0 aliphatic rings. The number of nitrogens with one attached hydrogen (secondary N) is 1. The molecule has 1 aromatic rings. The van der Waals surface area contributed by atoms with Gasteiger partial charge in [0.25, 0.3) is 0 Å². The number of nitrogens with zero attached hydrogens (tertiary/aromatic N) is 2. The lowest BCUT2D eigenvalue weighted by Crippen LogP contribution is -2.29. The van der Waals surface area contributed by atoms with Crippen molar-refractivity contribution in [3.8, 4) is 0 Å². The van der Waals surface area contributed by atoms with E-state index in [2.05, 4.69) is 37.5 Å². The minimum Gasteiger partial charge on any atom is -0.272 e. The van der Waals surface area contributed by atoms with Crippen molar-refractivity contribution in [2.75, 3.05) is 0 Å². The second-order valence-corrected chi connectivity index (χ2v) is 4.51. The number of aromatic nitrogens is 2. The van der Waals surface area contributed by atoms with Gasteiger partial charge in [0.1, 0.15) is 0 Å². The molecule has 4 heteroatoms. The monoisotopic (exact) mass is 224 g/mol. The Kier molecular flexibility index (Phi) is 5.49. The third kappa shape index (κ3) is 3.61. The minimum atomic E-state index is 0.223. The molecular weight excluding hydrogens is 200 g/mol. The lowest BCUT2D eigenvalue weighted by molar-refractivity contribution is 0.407. The number of hydrogen-bond donors (Lipinski definition) is 2. The van der Waals surface area contributed by atoms with Gasteiger partial charge in [-0.3, -0.25) is 16.0 Å². The molecule has 2 unspecified atom stereocenters. The summed E-state index contributed by atoms with van der Waals surface area (Å²) in [4.78, 5) is 0. The summed E-state index contributed by atoms with van der Waals surface area (Å²) < 4.78 is 1.98. The van der Waals surface area contributed by atoms with Crippen molar-refractivity contribution in [3.05, 3.63) is 18.0 Å². The second kappa shape index (κ2) is 6.66. The zero-order valence-corrected chi connectivity index (χ0v) is 10.6. The van der Waals surface area contributed by atoms with E-state index < -0.39 is 0 Å². The standard InChI is InChI=1S/C12H24N4/c1-4-6-16-9-11(8-14-16)12(15-13)7-10(3)5-2/h8-10,12,15H,4-7,13H2,1-3H3. The van der Waals surface area contributed by atoms with Gasteiger partial charge in [-0.05, 0) is 18.8 Å². The first-order valence-electron chi connectivity index (χ1n) is 6.19. The van der Waals surface area contributed by atoms with Crippen molar-refractivity contribution in [2.24, 2.45) is 11.8 Å². The lowest BCUT2D eigenvalue weighted by Gasteiger charge is -2.17. The first-order chi connectivity index (χ1) is 7.71. The SMILES string of the molecule is CCCn1cc(C(CC(C)CC)NN)cn1. The minimum absolute atomic E-state index is 0.223. The van der Waals surface area contributed by atoms with Gasteiger partial charge < -0.3 is 0 Å². The Hall–Kier alpha value is -0.870. The van der Waals surface area contributed by atoms with Gasteiger partial charge in [-0.1, -0.05) is 27.2 Å². The lowest BCUT2D eigenvalue weighted by atomic mass is 9.96. The zero-order valence-electron chi connectivity index (χ0n) is 10.6. The molecule has 0 radical (unpaired) electrons. The van der Waals surface area contributed by atoms with E-state index in [0.717, 1.165) is 19.4 Å². The highest BCUT2D eigenvalue weighted by Crippen LogP contribution is 2.21. The van der Waals surface area contributed by atoms with Gasteiger partial charge in [0.15, 0.2) is 0 Å². The van der Waals surface area contributed by atoms with E-state index in [4.69, 9.17) is 5.84 Å². The Morgan fingerprint density at radius 2 is 2.25 bits per heavy atom. The van der Waals surface area contributed by atoms with Gasteiger partial charge in [0.2, 0.25) is 0 Å². The summed E-state index contributed by atoms with van der Waals surface area (Å²) in [7, 11) is 0. The van der Waals surface area contributed by atoms with Gasteiger partial charge in [0, 0.05) is 24.3 Å². The van der Waals surface area contributed by atoms with E-state index in [9.17, 15) is 0 Å². The molecule has 0 saturated heterocycles. The van der Waals surface area contributed by atoms with Crippen LogP contribution in [0.3, 0.4) is 0 Å². The van der Waals surface area contributed by atoms with Gasteiger partial charge in [0.05, 0.1) is 6.20 Å². The molecule has 0 aliphatic heterocycles. The fraction of sp³-hybridized carbons (Fsp3) is 0.750. The molecule has 16 heavy (non-hydrogen) atoms. The molecule has 0 fully saturated rings. The topological polar surface area (TPSA) is 55.9 Å². The number of rotatable bonds is 7. The van der Waals surface area contributed by atoms with Crippen molar-refractivity contribution in [2.45, 2.75) is 52.6 Å². The Morgan fingerprint density at radius 3 is 2.81 bits per heavy atom. The molecule has 0 spiro atoms. The quantitative estimate of drug-likeness (QED) is 0.551. The van der Waals surface area contributed by atoms with Gasteiger partial charge >= 0.3 is 0 Å². The number of hydrogen-bond acceptors (Lipinski definition) is 3. The van der Waals surface area contributed by atoms with Crippen molar-refractivity contribution in [1.82, 2.24) is 15.2 Å². The van der Waals surface area contributed by atoms with Crippen LogP contribution in [0.25, 0.3) is 0 Å². The fourth-order valence-electron chi connectivity index (χ4n) is 1.78. The molecule has 92 valence electrons. The summed E-state index contributed by atoms with van der Waals surface area (Å²) in [5.74, 6) is 6.28. The summed E-state index contributed by atoms with van der Waals surface area (Å²) in [6.45, 7) is 7.58. The van der Waals surface area contributed by atoms with Crippen LogP contribution in [0.15, 0.2) is 12.4 Å². The average molecular weight is 224 g/mol. The first-order valence-corrected chi connectivity index (χ1v) is 6.19. The maximum absolute atomic E-state index is 5.60. The van der Waals surface area contributed by atoms with Crippen LogP contribution in [-0.2, 0) is 6.54 Å². The second-order valence-electron chi connectivity index (χ2n) is 4.51. The van der Waals surface area contributed by atoms with Crippen LogP contribution in [0, 0.1) is 5.92 Å². The van der Waals surface area contributed by atoms with Crippen LogP contribution < -0.4 is 11.3 Å². The largest absolute Gasteiger partial charge is 0.272 e. The van der Waals surface area contributed by atoms with E-state index >= 15 is 0 Å². The van der Waals surface area contributed by atoms with Gasteiger partial charge in [-0.25, -0.2) is 0 Å². The Balaban J connectivity index is 2.63. The van der Waals surface area contributed by atoms with E-state index in [1.165, 1.54) is 12.0 Å². The van der Waals surface area contributed by atoms with E-state index in [1.807, 2.05) is 10.9 Å². The summed E-state index contributed by atoms with van der Waals surface area (Å²) >= 11 is 0. The highest BCUT2D eigenvalue weighted by molar-refractivity contribution is 5.10. The molecule has 1 aromatic heterocycles. The highest BCUT2D eigenvalue weighted by Gasteiger charge is 2.14. The smallest absolute Gasteiger partial charge is 0.0538 e. The number of aryl methyl sites for hydroxylation is 1. The number of hydrazine groups is 1. The molecular formula is C12H24N4. The maximum atomic E-state index is 5.60. The van der Waals surface area contributed by atoms with Crippen LogP contribution in [-0.4, -0.2) is 9.78 Å². The third-order valence-electron chi connectivity index (χ3n) is 3.04. The van der Waals surface area contributed by atoms with Crippen molar-refractivity contribution in [1.29, 1.82) is 0 Å². The Labute approximate surface area is 98.2 Å². The molecule has 1 heterocycles. The van der Waals surface area contributed by atoms with E-state index in [1.54, 1.807) is 0 Å². The fourth-order valence-corrected chi connectivity index (χ4v) is 1.78. The molecule has 0 bridgehead atoms. The van der Waals surface area contributed by atoms with Crippen molar-refractivity contribution in [3.63, 3.8) is 0 Å². The van der Waals surface area contributed by atoms with Crippen LogP contribution in [0.4, 0.5) is 0 Å². The molecule has 1 rings (SSSR count). The summed E-state index contributed by atoms with van der Waals surface area (Å²) in [5.41, 5.74) is 4.08. The summed E-state index contributed by atoms with van der Waals surface area (Å²) in [6, 6.07) is 0.223. The summed E-state index contributed by atoms with van der Waals surface area (Å²) in [6.07, 6.45) is 7.36. The molecule has 0 saturated carbocycles. The molecule has 3 N–H and O–H groups in total. The van der Waals surface area contributed by atoms with E-state index in [0.29, 0.717) is 5.92 Å². The molecule has 0 aliphatic carbocycles. The molecule has 4 nitrogen and oxygen atoms in total. The maximum Gasteiger partial charge on any atom is 0.0538 e. The Morgan fingerprint density at radius 1 is 1.50 bits per heavy atom. The normalized spacial score (nSPS) is 15.0. The van der Waals surface area contributed by atoms with Crippen LogP contribution in [0.1, 0.15) is 51.6 Å². The zero-order chi connectivity index (χ0) is 12.0. The van der Waals surface area contributed by atoms with E-state index in [-0.39, 0.29) is 6.04 Å². The summed E-state index contributed by atoms with van der Waals surface area (Å²) in [5, 5.41) is 4.33. The van der Waals surface area contributed by atoms with Crippen molar-refractivity contribution >= 4 is 0 Å². The van der Waals surface area contributed by atoms with Crippen LogP contribution >= 0.6 is 0 Å². The average Bonchev–Trinajstić information content (AvgIpc) is 2.74. The first kappa shape index (κ1) is 13.2. The van der Waals surface area contributed by atoms with Crippen LogP contribution in [0.2, 0.25) is 0 Å². The Bertz CT molecular complexity index is 295. The number of nitrogens with two attached hydrogens (primary N) is 1. The van der Waals surface area contributed by atoms with Crippen LogP contribution in [0.5, 0.6) is 0 Å². The van der Waals surface area contributed by atoms with Gasteiger partial charge in [-0.15, -0.1) is 0 Å².